The van der Waals surface area contributed by atoms with Gasteiger partial charge in [-0.1, -0.05) is 42.2 Å². The van der Waals surface area contributed by atoms with E-state index in [-0.39, 0.29) is 0 Å². The van der Waals surface area contributed by atoms with Crippen LogP contribution < -0.4 is 0 Å². The van der Waals surface area contributed by atoms with Crippen molar-refractivity contribution in [2.24, 2.45) is 0 Å². The molecule has 0 spiro atoms. The zero-order chi connectivity index (χ0) is 13.7. The lowest BCUT2D eigenvalue weighted by Gasteiger charge is -2.05. The first-order chi connectivity index (χ1) is 9.05. The van der Waals surface area contributed by atoms with Crippen molar-refractivity contribution in [3.63, 3.8) is 0 Å². The number of rotatable bonds is 1. The van der Waals surface area contributed by atoms with Gasteiger partial charge in [0.1, 0.15) is 0 Å². The molecule has 0 bridgehead atoms. The van der Waals surface area contributed by atoms with Crippen LogP contribution in [0.5, 0.6) is 0 Å². The summed E-state index contributed by atoms with van der Waals surface area (Å²) in [5, 5.41) is 0. The molecule has 0 heterocycles. The summed E-state index contributed by atoms with van der Waals surface area (Å²) in [7, 11) is 0. The highest BCUT2D eigenvalue weighted by molar-refractivity contribution is 5.37. The fraction of sp³-hybridized carbons (Fsp3) is 0.125. The van der Waals surface area contributed by atoms with E-state index in [1.54, 1.807) is 0 Å². The van der Waals surface area contributed by atoms with Gasteiger partial charge in [0, 0.05) is 12.0 Å². The molecule has 0 saturated carbocycles. The summed E-state index contributed by atoms with van der Waals surface area (Å²) in [6.07, 6.45) is -3.71. The molecular formula is C16H11F3. The molecule has 96 valence electrons. The molecule has 2 rings (SSSR count). The lowest BCUT2D eigenvalue weighted by molar-refractivity contribution is -0.137. The Morgan fingerprint density at radius 3 is 2.05 bits per heavy atom. The minimum absolute atomic E-state index is 0.585. The van der Waals surface area contributed by atoms with Crippen LogP contribution in [-0.4, -0.2) is 0 Å². The van der Waals surface area contributed by atoms with Crippen molar-refractivity contribution in [2.75, 3.05) is 0 Å². The fourth-order valence-electron chi connectivity index (χ4n) is 1.59. The van der Waals surface area contributed by atoms with E-state index in [0.717, 1.165) is 17.7 Å². The van der Waals surface area contributed by atoms with Gasteiger partial charge in [-0.25, -0.2) is 0 Å². The van der Waals surface area contributed by atoms with Gasteiger partial charge < -0.3 is 0 Å². The third-order valence-electron chi connectivity index (χ3n) is 2.58. The molecule has 19 heavy (non-hydrogen) atoms. The predicted octanol–water partition coefficient (Wildman–Crippen LogP) is 4.30. The Labute approximate surface area is 109 Å². The van der Waals surface area contributed by atoms with Crippen molar-refractivity contribution in [1.29, 1.82) is 0 Å². The third kappa shape index (κ3) is 3.89. The second-order valence-electron chi connectivity index (χ2n) is 4.04. The molecule has 0 aliphatic heterocycles. The fourth-order valence-corrected chi connectivity index (χ4v) is 1.59. The molecular weight excluding hydrogens is 249 g/mol. The summed E-state index contributed by atoms with van der Waals surface area (Å²) in [5.74, 6) is 5.80. The van der Waals surface area contributed by atoms with Crippen LogP contribution in [0.25, 0.3) is 0 Å². The van der Waals surface area contributed by atoms with E-state index in [9.17, 15) is 13.2 Å². The predicted molar refractivity (Wildman–Crippen MR) is 68.5 cm³/mol. The monoisotopic (exact) mass is 260 g/mol. The molecule has 0 atom stereocenters. The van der Waals surface area contributed by atoms with Gasteiger partial charge in [-0.3, -0.25) is 0 Å². The smallest absolute Gasteiger partial charge is 0.166 e. The average Bonchev–Trinajstić information content (AvgIpc) is 2.39. The molecule has 0 amide bonds. The van der Waals surface area contributed by atoms with Crippen molar-refractivity contribution in [3.05, 3.63) is 71.3 Å². The minimum Gasteiger partial charge on any atom is -0.166 e. The zero-order valence-electron chi connectivity index (χ0n) is 10.0. The molecule has 0 nitrogen and oxygen atoms in total. The SMILES string of the molecule is FC(F)(F)c1ccc(C#CCc2ccccc2)cc1. The van der Waals surface area contributed by atoms with Crippen molar-refractivity contribution >= 4 is 0 Å². The van der Waals surface area contributed by atoms with E-state index in [4.69, 9.17) is 0 Å². The van der Waals surface area contributed by atoms with Crippen LogP contribution in [0.3, 0.4) is 0 Å². The minimum atomic E-state index is -4.30. The first-order valence-electron chi connectivity index (χ1n) is 5.76. The Bertz CT molecular complexity index is 584. The molecule has 0 aliphatic rings. The lowest BCUT2D eigenvalue weighted by atomic mass is 10.1. The summed E-state index contributed by atoms with van der Waals surface area (Å²) in [5.41, 5.74) is 1.02. The Balaban J connectivity index is 2.05. The molecule has 2 aromatic carbocycles. The Morgan fingerprint density at radius 1 is 0.842 bits per heavy atom. The Morgan fingerprint density at radius 2 is 1.47 bits per heavy atom. The number of hydrogen-bond donors (Lipinski definition) is 0. The molecule has 0 fully saturated rings. The Hall–Kier alpha value is -2.21. The van der Waals surface area contributed by atoms with E-state index in [0.29, 0.717) is 12.0 Å². The second kappa shape index (κ2) is 5.62. The first kappa shape index (κ1) is 13.2. The Kier molecular flexibility index (Phi) is 3.91. The van der Waals surface area contributed by atoms with Crippen LogP contribution in [0, 0.1) is 11.8 Å². The normalized spacial score (nSPS) is 10.7. The molecule has 0 unspecified atom stereocenters. The van der Waals surface area contributed by atoms with Crippen molar-refractivity contribution < 1.29 is 13.2 Å². The molecule has 0 N–H and O–H groups in total. The van der Waals surface area contributed by atoms with Gasteiger partial charge in [0.15, 0.2) is 0 Å². The van der Waals surface area contributed by atoms with Gasteiger partial charge in [-0.2, -0.15) is 13.2 Å². The van der Waals surface area contributed by atoms with E-state index >= 15 is 0 Å². The van der Waals surface area contributed by atoms with Crippen LogP contribution in [-0.2, 0) is 12.6 Å². The van der Waals surface area contributed by atoms with Gasteiger partial charge >= 0.3 is 6.18 Å². The molecule has 0 saturated heterocycles. The average molecular weight is 260 g/mol. The lowest BCUT2D eigenvalue weighted by Crippen LogP contribution is -2.04. The van der Waals surface area contributed by atoms with Gasteiger partial charge in [0.25, 0.3) is 0 Å². The number of halogens is 3. The molecule has 0 aliphatic carbocycles. The van der Waals surface area contributed by atoms with E-state index in [1.807, 2.05) is 30.3 Å². The van der Waals surface area contributed by atoms with E-state index in [1.165, 1.54) is 12.1 Å². The zero-order valence-corrected chi connectivity index (χ0v) is 10.0. The van der Waals surface area contributed by atoms with E-state index in [2.05, 4.69) is 11.8 Å². The highest BCUT2D eigenvalue weighted by Crippen LogP contribution is 2.28. The maximum Gasteiger partial charge on any atom is 0.416 e. The van der Waals surface area contributed by atoms with Crippen molar-refractivity contribution in [2.45, 2.75) is 12.6 Å². The number of hydrogen-bond acceptors (Lipinski definition) is 0. The van der Waals surface area contributed by atoms with Crippen molar-refractivity contribution in [1.82, 2.24) is 0 Å². The molecule has 0 radical (unpaired) electrons. The highest BCUT2D eigenvalue weighted by atomic mass is 19.4. The summed E-state index contributed by atoms with van der Waals surface area (Å²) in [4.78, 5) is 0. The summed E-state index contributed by atoms with van der Waals surface area (Å²) < 4.78 is 37.1. The van der Waals surface area contributed by atoms with E-state index < -0.39 is 11.7 Å². The van der Waals surface area contributed by atoms with Crippen LogP contribution in [0.15, 0.2) is 54.6 Å². The molecule has 2 aromatic rings. The first-order valence-corrected chi connectivity index (χ1v) is 5.76. The van der Waals surface area contributed by atoms with Gasteiger partial charge in [0.05, 0.1) is 5.56 Å². The standard InChI is InChI=1S/C16H11F3/c17-16(18,19)15-11-9-14(10-12-15)8-4-7-13-5-2-1-3-6-13/h1-3,5-6,9-12H,7H2. The maximum atomic E-state index is 12.4. The number of alkyl halides is 3. The molecule has 3 heteroatoms. The quantitative estimate of drug-likeness (QED) is 0.671. The maximum absolute atomic E-state index is 12.4. The van der Waals surface area contributed by atoms with Crippen LogP contribution >= 0.6 is 0 Å². The van der Waals surface area contributed by atoms with Crippen LogP contribution in [0.2, 0.25) is 0 Å². The second-order valence-corrected chi connectivity index (χ2v) is 4.04. The van der Waals surface area contributed by atoms with Gasteiger partial charge in [-0.05, 0) is 29.8 Å². The van der Waals surface area contributed by atoms with Gasteiger partial charge in [-0.15, -0.1) is 0 Å². The van der Waals surface area contributed by atoms with Crippen LogP contribution in [0.1, 0.15) is 16.7 Å². The number of benzene rings is 2. The largest absolute Gasteiger partial charge is 0.416 e. The molecule has 0 aromatic heterocycles. The third-order valence-corrected chi connectivity index (χ3v) is 2.58. The summed E-state index contributed by atoms with van der Waals surface area (Å²) in [6.45, 7) is 0. The summed E-state index contributed by atoms with van der Waals surface area (Å²) in [6, 6.07) is 14.6. The summed E-state index contributed by atoms with van der Waals surface area (Å²) >= 11 is 0. The topological polar surface area (TPSA) is 0 Å². The van der Waals surface area contributed by atoms with Gasteiger partial charge in [0.2, 0.25) is 0 Å². The van der Waals surface area contributed by atoms with Crippen LogP contribution in [0.4, 0.5) is 13.2 Å². The van der Waals surface area contributed by atoms with Crippen molar-refractivity contribution in [3.8, 4) is 11.8 Å². The highest BCUT2D eigenvalue weighted by Gasteiger charge is 2.29.